The number of rotatable bonds is 4. The molecule has 18 heavy (non-hydrogen) atoms. The summed E-state index contributed by atoms with van der Waals surface area (Å²) in [5.74, 6) is -0.119. The van der Waals surface area contributed by atoms with Gasteiger partial charge >= 0.3 is 0 Å². The first-order valence-electron chi connectivity index (χ1n) is 5.68. The summed E-state index contributed by atoms with van der Waals surface area (Å²) in [5.41, 5.74) is 0.0120. The van der Waals surface area contributed by atoms with E-state index in [1.807, 2.05) is 30.3 Å². The third-order valence-electron chi connectivity index (χ3n) is 2.86. The number of benzene rings is 1. The highest BCUT2D eigenvalue weighted by atomic mass is 16.3. The molecule has 1 amide bonds. The molecule has 4 nitrogen and oxygen atoms in total. The molecular weight excluding hydrogens is 230 g/mol. The standard InChI is InChI=1S/C14H15NO3/c1-14(10-16,11-6-3-2-4-7-11)15-13(17)12-8-5-9-18-12/h2-9,16H,10H2,1H3,(H,15,17). The van der Waals surface area contributed by atoms with Crippen molar-refractivity contribution in [1.29, 1.82) is 0 Å². The maximum atomic E-state index is 11.9. The molecule has 1 atom stereocenters. The van der Waals surface area contributed by atoms with Crippen LogP contribution in [0.1, 0.15) is 23.0 Å². The Morgan fingerprint density at radius 3 is 2.56 bits per heavy atom. The van der Waals surface area contributed by atoms with Crippen LogP contribution in [-0.2, 0) is 5.54 Å². The Balaban J connectivity index is 2.21. The van der Waals surface area contributed by atoms with Crippen LogP contribution in [0.4, 0.5) is 0 Å². The molecule has 1 aromatic carbocycles. The van der Waals surface area contributed by atoms with E-state index in [1.54, 1.807) is 19.1 Å². The minimum absolute atomic E-state index is 0.191. The molecule has 0 aliphatic rings. The minimum Gasteiger partial charge on any atom is -0.459 e. The fraction of sp³-hybridized carbons (Fsp3) is 0.214. The van der Waals surface area contributed by atoms with Crippen molar-refractivity contribution in [2.75, 3.05) is 6.61 Å². The molecular formula is C14H15NO3. The zero-order valence-electron chi connectivity index (χ0n) is 10.1. The van der Waals surface area contributed by atoms with Gasteiger partial charge in [0.15, 0.2) is 5.76 Å². The van der Waals surface area contributed by atoms with Crippen LogP contribution in [0.2, 0.25) is 0 Å². The lowest BCUT2D eigenvalue weighted by atomic mass is 9.93. The molecule has 0 aliphatic heterocycles. The smallest absolute Gasteiger partial charge is 0.287 e. The van der Waals surface area contributed by atoms with Gasteiger partial charge in [-0.1, -0.05) is 30.3 Å². The van der Waals surface area contributed by atoms with Gasteiger partial charge in [-0.3, -0.25) is 4.79 Å². The second kappa shape index (κ2) is 5.06. The van der Waals surface area contributed by atoms with Crippen LogP contribution < -0.4 is 5.32 Å². The van der Waals surface area contributed by atoms with Crippen LogP contribution in [-0.4, -0.2) is 17.6 Å². The molecule has 0 radical (unpaired) electrons. The summed E-state index contributed by atoms with van der Waals surface area (Å²) in [4.78, 5) is 11.9. The normalized spacial score (nSPS) is 13.9. The molecule has 0 saturated carbocycles. The van der Waals surface area contributed by atoms with Crippen LogP contribution in [0.25, 0.3) is 0 Å². The van der Waals surface area contributed by atoms with Crippen LogP contribution in [0.5, 0.6) is 0 Å². The number of carbonyl (C=O) groups is 1. The highest BCUT2D eigenvalue weighted by molar-refractivity contribution is 5.92. The Hall–Kier alpha value is -2.07. The predicted octanol–water partition coefficient (Wildman–Crippen LogP) is 1.92. The lowest BCUT2D eigenvalue weighted by Gasteiger charge is -2.28. The van der Waals surface area contributed by atoms with Gasteiger partial charge in [0.25, 0.3) is 5.91 Å². The summed E-state index contributed by atoms with van der Waals surface area (Å²) in [5, 5.41) is 12.3. The highest BCUT2D eigenvalue weighted by Gasteiger charge is 2.28. The molecule has 0 aliphatic carbocycles. The molecule has 1 unspecified atom stereocenters. The van der Waals surface area contributed by atoms with Gasteiger partial charge in [0.2, 0.25) is 0 Å². The first-order valence-corrected chi connectivity index (χ1v) is 5.68. The van der Waals surface area contributed by atoms with E-state index in [-0.39, 0.29) is 18.3 Å². The molecule has 0 bridgehead atoms. The van der Waals surface area contributed by atoms with E-state index in [9.17, 15) is 9.90 Å². The van der Waals surface area contributed by atoms with E-state index in [0.717, 1.165) is 5.56 Å². The van der Waals surface area contributed by atoms with E-state index in [2.05, 4.69) is 5.32 Å². The van der Waals surface area contributed by atoms with Crippen molar-refractivity contribution in [3.8, 4) is 0 Å². The van der Waals surface area contributed by atoms with Crippen molar-refractivity contribution < 1.29 is 14.3 Å². The molecule has 0 spiro atoms. The molecule has 2 aromatic rings. The van der Waals surface area contributed by atoms with Crippen LogP contribution in [0, 0.1) is 0 Å². The average molecular weight is 245 g/mol. The number of hydrogen-bond acceptors (Lipinski definition) is 3. The summed E-state index contributed by atoms with van der Waals surface area (Å²) in [6.45, 7) is 1.58. The third kappa shape index (κ3) is 2.43. The number of hydrogen-bond donors (Lipinski definition) is 2. The van der Waals surface area contributed by atoms with Gasteiger partial charge in [-0.2, -0.15) is 0 Å². The number of aliphatic hydroxyl groups excluding tert-OH is 1. The zero-order chi connectivity index (χ0) is 13.0. The fourth-order valence-corrected chi connectivity index (χ4v) is 1.73. The van der Waals surface area contributed by atoms with Crippen molar-refractivity contribution in [3.63, 3.8) is 0 Å². The second-order valence-corrected chi connectivity index (χ2v) is 4.29. The maximum Gasteiger partial charge on any atom is 0.287 e. The Bertz CT molecular complexity index is 507. The molecule has 4 heteroatoms. The minimum atomic E-state index is -0.828. The molecule has 1 heterocycles. The number of carbonyl (C=O) groups excluding carboxylic acids is 1. The van der Waals surface area contributed by atoms with Gasteiger partial charge in [0, 0.05) is 0 Å². The van der Waals surface area contributed by atoms with Crippen molar-refractivity contribution in [2.45, 2.75) is 12.5 Å². The molecule has 0 fully saturated rings. The van der Waals surface area contributed by atoms with E-state index in [1.165, 1.54) is 6.26 Å². The fourth-order valence-electron chi connectivity index (χ4n) is 1.73. The number of aliphatic hydroxyl groups is 1. The topological polar surface area (TPSA) is 62.5 Å². The van der Waals surface area contributed by atoms with Crippen molar-refractivity contribution in [1.82, 2.24) is 5.32 Å². The maximum absolute atomic E-state index is 11.9. The first-order chi connectivity index (χ1) is 8.65. The summed E-state index contributed by atoms with van der Waals surface area (Å²) in [6, 6.07) is 12.6. The molecule has 1 aromatic heterocycles. The first kappa shape index (κ1) is 12.4. The van der Waals surface area contributed by atoms with Crippen LogP contribution in [0.15, 0.2) is 53.1 Å². The van der Waals surface area contributed by atoms with Gasteiger partial charge in [-0.05, 0) is 24.6 Å². The Morgan fingerprint density at radius 1 is 1.28 bits per heavy atom. The van der Waals surface area contributed by atoms with Gasteiger partial charge in [-0.25, -0.2) is 0 Å². The predicted molar refractivity (Wildman–Crippen MR) is 67.1 cm³/mol. The number of furan rings is 1. The van der Waals surface area contributed by atoms with Crippen molar-refractivity contribution in [3.05, 3.63) is 60.1 Å². The van der Waals surface area contributed by atoms with Crippen molar-refractivity contribution in [2.24, 2.45) is 0 Å². The summed E-state index contributed by atoms with van der Waals surface area (Å²) in [6.07, 6.45) is 1.44. The third-order valence-corrected chi connectivity index (χ3v) is 2.86. The van der Waals surface area contributed by atoms with E-state index >= 15 is 0 Å². The lowest BCUT2D eigenvalue weighted by molar-refractivity contribution is 0.0821. The molecule has 2 rings (SSSR count). The Morgan fingerprint density at radius 2 is 2.00 bits per heavy atom. The zero-order valence-corrected chi connectivity index (χ0v) is 10.1. The van der Waals surface area contributed by atoms with E-state index in [0.29, 0.717) is 0 Å². The summed E-state index contributed by atoms with van der Waals surface area (Å²) < 4.78 is 5.03. The second-order valence-electron chi connectivity index (χ2n) is 4.29. The monoisotopic (exact) mass is 245 g/mol. The highest BCUT2D eigenvalue weighted by Crippen LogP contribution is 2.20. The van der Waals surface area contributed by atoms with Crippen LogP contribution in [0.3, 0.4) is 0 Å². The van der Waals surface area contributed by atoms with Crippen LogP contribution >= 0.6 is 0 Å². The van der Waals surface area contributed by atoms with E-state index in [4.69, 9.17) is 4.42 Å². The number of nitrogens with one attached hydrogen (secondary N) is 1. The Labute approximate surface area is 105 Å². The average Bonchev–Trinajstić information content (AvgIpc) is 2.93. The van der Waals surface area contributed by atoms with Gasteiger partial charge in [0.1, 0.15) is 0 Å². The van der Waals surface area contributed by atoms with Gasteiger partial charge in [0.05, 0.1) is 18.4 Å². The largest absolute Gasteiger partial charge is 0.459 e. The summed E-state index contributed by atoms with van der Waals surface area (Å²) >= 11 is 0. The molecule has 0 saturated heterocycles. The lowest BCUT2D eigenvalue weighted by Crippen LogP contribution is -2.46. The quantitative estimate of drug-likeness (QED) is 0.865. The Kier molecular flexibility index (Phi) is 3.48. The SMILES string of the molecule is CC(CO)(NC(=O)c1ccco1)c1ccccc1. The van der Waals surface area contributed by atoms with E-state index < -0.39 is 5.54 Å². The van der Waals surface area contributed by atoms with Crippen molar-refractivity contribution >= 4 is 5.91 Å². The summed E-state index contributed by atoms with van der Waals surface area (Å²) in [7, 11) is 0. The molecule has 2 N–H and O–H groups in total. The van der Waals surface area contributed by atoms with Gasteiger partial charge < -0.3 is 14.8 Å². The molecule has 94 valence electrons. The number of amides is 1. The van der Waals surface area contributed by atoms with Gasteiger partial charge in [-0.15, -0.1) is 0 Å².